The zero-order valence-electron chi connectivity index (χ0n) is 18.9. The van der Waals surface area contributed by atoms with E-state index in [1.165, 1.54) is 30.3 Å². The second-order valence-electron chi connectivity index (χ2n) is 8.51. The Morgan fingerprint density at radius 3 is 2.00 bits per heavy atom. The van der Waals surface area contributed by atoms with Gasteiger partial charge < -0.3 is 9.47 Å². The molecule has 0 aromatic heterocycles. The van der Waals surface area contributed by atoms with Crippen LogP contribution in [0.4, 0.5) is 17.6 Å². The molecule has 0 bridgehead atoms. The van der Waals surface area contributed by atoms with Crippen LogP contribution in [0.15, 0.2) is 48.5 Å². The lowest BCUT2D eigenvalue weighted by molar-refractivity contribution is -0.0214. The Bertz CT molecular complexity index is 1140. The first-order chi connectivity index (χ1) is 16.4. The molecule has 0 aliphatic carbocycles. The van der Waals surface area contributed by atoms with Gasteiger partial charge in [-0.05, 0) is 48.4 Å². The molecule has 3 aromatic rings. The quantitative estimate of drug-likeness (QED) is 0.267. The number of benzene rings is 3. The second-order valence-corrected chi connectivity index (χ2v) is 8.51. The maximum absolute atomic E-state index is 15.0. The van der Waals surface area contributed by atoms with E-state index in [2.05, 4.69) is 6.92 Å². The molecule has 7 heteroatoms. The third-order valence-electron chi connectivity index (χ3n) is 6.32. The molecule has 1 saturated heterocycles. The summed E-state index contributed by atoms with van der Waals surface area (Å²) in [5.74, 6) is -3.89. The second kappa shape index (κ2) is 10.6. The molecule has 1 aliphatic rings. The van der Waals surface area contributed by atoms with E-state index in [1.807, 2.05) is 0 Å². The van der Waals surface area contributed by atoms with E-state index in [1.54, 1.807) is 18.2 Å². The summed E-state index contributed by atoms with van der Waals surface area (Å²) in [6, 6.07) is 11.9. The van der Waals surface area contributed by atoms with Gasteiger partial charge in [0.15, 0.2) is 23.2 Å². The van der Waals surface area contributed by atoms with Gasteiger partial charge in [-0.15, -0.1) is 0 Å². The van der Waals surface area contributed by atoms with E-state index in [4.69, 9.17) is 17.3 Å². The minimum absolute atomic E-state index is 0.0197. The number of hydrogen-bond acceptors (Lipinski definition) is 2. The van der Waals surface area contributed by atoms with Crippen LogP contribution in [0.1, 0.15) is 44.3 Å². The monoisotopic (exact) mass is 468 g/mol. The summed E-state index contributed by atoms with van der Waals surface area (Å²) >= 11 is 0. The fourth-order valence-corrected chi connectivity index (χ4v) is 4.51. The first-order valence-electron chi connectivity index (χ1n) is 11.5. The maximum atomic E-state index is 15.0. The van der Waals surface area contributed by atoms with E-state index in [0.717, 1.165) is 19.3 Å². The maximum Gasteiger partial charge on any atom is 0.201 e. The van der Waals surface area contributed by atoms with Crippen molar-refractivity contribution >= 4 is 7.85 Å². The fourth-order valence-electron chi connectivity index (χ4n) is 4.51. The Kier molecular flexibility index (Phi) is 7.62. The molecule has 0 spiro atoms. The van der Waals surface area contributed by atoms with Gasteiger partial charge in [0.05, 0.1) is 12.7 Å². The highest BCUT2D eigenvalue weighted by molar-refractivity contribution is 6.08. The molecule has 34 heavy (non-hydrogen) atoms. The van der Waals surface area contributed by atoms with Gasteiger partial charge in [0.1, 0.15) is 7.85 Å². The fraction of sp³-hybridized carbons (Fsp3) is 0.333. The number of ether oxygens (including phenoxy) is 2. The summed E-state index contributed by atoms with van der Waals surface area (Å²) in [5, 5.41) is 0. The Hall–Kier alpha value is -2.80. The summed E-state index contributed by atoms with van der Waals surface area (Å²) < 4.78 is 69.3. The highest BCUT2D eigenvalue weighted by Crippen LogP contribution is 2.37. The van der Waals surface area contributed by atoms with E-state index < -0.39 is 29.4 Å². The minimum Gasteiger partial charge on any atom is -0.500 e. The van der Waals surface area contributed by atoms with Crippen molar-refractivity contribution in [1.82, 2.24) is 0 Å². The first-order valence-corrected chi connectivity index (χ1v) is 11.5. The normalized spacial score (nSPS) is 18.1. The predicted octanol–water partition coefficient (Wildman–Crippen LogP) is 7.35. The SMILES string of the molecule is [B]COc1ccc(-c2ccc(-c3ccc(C4CCC(CCC)CO4)c(F)c3F)cc2)c(F)c1F. The van der Waals surface area contributed by atoms with Crippen LogP contribution in [0, 0.1) is 29.2 Å². The van der Waals surface area contributed by atoms with Crippen molar-refractivity contribution < 1.29 is 27.0 Å². The Morgan fingerprint density at radius 1 is 0.824 bits per heavy atom. The van der Waals surface area contributed by atoms with Gasteiger partial charge in [0.25, 0.3) is 0 Å². The lowest BCUT2D eigenvalue weighted by Crippen LogP contribution is -2.21. The molecule has 176 valence electrons. The molecule has 4 rings (SSSR count). The summed E-state index contributed by atoms with van der Waals surface area (Å²) in [5.41, 5.74) is 1.14. The molecule has 2 nitrogen and oxygen atoms in total. The van der Waals surface area contributed by atoms with Crippen LogP contribution in [0.2, 0.25) is 0 Å². The van der Waals surface area contributed by atoms with Crippen molar-refractivity contribution in [3.63, 3.8) is 0 Å². The largest absolute Gasteiger partial charge is 0.500 e. The van der Waals surface area contributed by atoms with Gasteiger partial charge in [-0.2, -0.15) is 4.39 Å². The van der Waals surface area contributed by atoms with Crippen molar-refractivity contribution in [3.05, 3.63) is 77.4 Å². The van der Waals surface area contributed by atoms with Crippen LogP contribution in [0.3, 0.4) is 0 Å². The van der Waals surface area contributed by atoms with Crippen LogP contribution < -0.4 is 4.74 Å². The molecule has 1 aliphatic heterocycles. The van der Waals surface area contributed by atoms with Crippen LogP contribution in [-0.2, 0) is 4.74 Å². The third kappa shape index (κ3) is 4.85. The van der Waals surface area contributed by atoms with Gasteiger partial charge in [0, 0.05) is 23.2 Å². The first kappa shape index (κ1) is 24.3. The van der Waals surface area contributed by atoms with E-state index >= 15 is 0 Å². The molecule has 2 unspecified atom stereocenters. The van der Waals surface area contributed by atoms with Crippen molar-refractivity contribution in [2.24, 2.45) is 5.92 Å². The van der Waals surface area contributed by atoms with Crippen LogP contribution in [-0.4, -0.2) is 21.0 Å². The average molecular weight is 468 g/mol. The summed E-state index contributed by atoms with van der Waals surface area (Å²) in [6.07, 6.45) is 3.28. The number of halogens is 4. The smallest absolute Gasteiger partial charge is 0.201 e. The van der Waals surface area contributed by atoms with Gasteiger partial charge in [-0.25, -0.2) is 13.2 Å². The topological polar surface area (TPSA) is 18.5 Å². The molecule has 2 atom stereocenters. The molecular formula is C27H25BF4O2. The molecule has 0 N–H and O–H groups in total. The van der Waals surface area contributed by atoms with Gasteiger partial charge in [-0.1, -0.05) is 49.7 Å². The lowest BCUT2D eigenvalue weighted by atomic mass is 9.90. The van der Waals surface area contributed by atoms with E-state index in [-0.39, 0.29) is 28.9 Å². The third-order valence-corrected chi connectivity index (χ3v) is 6.32. The molecular weight excluding hydrogens is 443 g/mol. The average Bonchev–Trinajstić information content (AvgIpc) is 2.85. The summed E-state index contributed by atoms with van der Waals surface area (Å²) in [4.78, 5) is 0. The van der Waals surface area contributed by atoms with Crippen molar-refractivity contribution in [1.29, 1.82) is 0 Å². The highest BCUT2D eigenvalue weighted by Gasteiger charge is 2.27. The zero-order chi connectivity index (χ0) is 24.2. The Labute approximate surface area is 198 Å². The number of rotatable bonds is 7. The van der Waals surface area contributed by atoms with E-state index in [9.17, 15) is 17.6 Å². The molecule has 0 amide bonds. The standard InChI is InChI=1S/C27H25BF4O2/c1-2-3-16-4-12-22(33-14-16)21-10-9-19(24(29)26(21)31)17-5-7-18(8-6-17)20-11-13-23(34-15-28)27(32)25(20)30/h5-11,13,16,22H,2-4,12,14-15H2,1H3. The minimum atomic E-state index is -1.14. The summed E-state index contributed by atoms with van der Waals surface area (Å²) in [6.45, 7) is 2.39. The molecule has 1 fully saturated rings. The van der Waals surface area contributed by atoms with Gasteiger partial charge in [0.2, 0.25) is 5.82 Å². The van der Waals surface area contributed by atoms with Crippen LogP contribution in [0.25, 0.3) is 22.3 Å². The summed E-state index contributed by atoms with van der Waals surface area (Å²) in [7, 11) is 5.22. The van der Waals surface area contributed by atoms with Gasteiger partial charge >= 0.3 is 0 Å². The molecule has 0 saturated carbocycles. The van der Waals surface area contributed by atoms with E-state index in [0.29, 0.717) is 30.1 Å². The van der Waals surface area contributed by atoms with Crippen molar-refractivity contribution in [2.75, 3.05) is 13.1 Å². The van der Waals surface area contributed by atoms with Crippen molar-refractivity contribution in [2.45, 2.75) is 38.7 Å². The number of hydrogen-bond donors (Lipinski definition) is 0. The Balaban J connectivity index is 1.56. The molecule has 1 heterocycles. The van der Waals surface area contributed by atoms with Gasteiger partial charge in [-0.3, -0.25) is 0 Å². The van der Waals surface area contributed by atoms with Crippen molar-refractivity contribution in [3.8, 4) is 28.0 Å². The Morgan fingerprint density at radius 2 is 1.44 bits per heavy atom. The lowest BCUT2D eigenvalue weighted by Gasteiger charge is -2.29. The highest BCUT2D eigenvalue weighted by atomic mass is 19.2. The predicted molar refractivity (Wildman–Crippen MR) is 125 cm³/mol. The molecule has 2 radical (unpaired) electrons. The molecule has 3 aromatic carbocycles. The van der Waals surface area contributed by atoms with Crippen LogP contribution >= 0.6 is 0 Å². The van der Waals surface area contributed by atoms with Crippen LogP contribution in [0.5, 0.6) is 5.75 Å². The zero-order valence-corrected chi connectivity index (χ0v) is 18.9.